The normalized spacial score (nSPS) is 17.9. The van der Waals surface area contributed by atoms with Crippen LogP contribution in [0.3, 0.4) is 0 Å². The molecule has 104 valence electrons. The molecule has 1 aliphatic rings. The van der Waals surface area contributed by atoms with Gasteiger partial charge in [-0.1, -0.05) is 19.3 Å². The van der Waals surface area contributed by atoms with Gasteiger partial charge in [-0.3, -0.25) is 0 Å². The first-order valence-electron chi connectivity index (χ1n) is 6.83. The van der Waals surface area contributed by atoms with Gasteiger partial charge < -0.3 is 15.5 Å². The second-order valence-electron chi connectivity index (χ2n) is 5.45. The van der Waals surface area contributed by atoms with Crippen molar-refractivity contribution in [2.75, 3.05) is 18.5 Å². The first kappa shape index (κ1) is 13.9. The lowest BCUT2D eigenvalue weighted by Gasteiger charge is -2.36. The van der Waals surface area contributed by atoms with E-state index in [0.717, 1.165) is 25.1 Å². The Morgan fingerprint density at radius 3 is 2.32 bits per heavy atom. The van der Waals surface area contributed by atoms with Gasteiger partial charge in [0.2, 0.25) is 0 Å². The fourth-order valence-corrected chi connectivity index (χ4v) is 2.71. The number of carboxylic acid groups (broad SMARTS) is 1. The third kappa shape index (κ3) is 3.47. The molecule has 19 heavy (non-hydrogen) atoms. The molecule has 4 heteroatoms. The highest BCUT2D eigenvalue weighted by Gasteiger charge is 2.30. The Morgan fingerprint density at radius 1 is 1.16 bits per heavy atom. The van der Waals surface area contributed by atoms with Gasteiger partial charge in [-0.2, -0.15) is 0 Å². The Hall–Kier alpha value is -1.55. The van der Waals surface area contributed by atoms with Gasteiger partial charge in [-0.05, 0) is 37.1 Å². The maximum Gasteiger partial charge on any atom is 0.335 e. The van der Waals surface area contributed by atoms with Gasteiger partial charge in [-0.25, -0.2) is 4.79 Å². The van der Waals surface area contributed by atoms with Gasteiger partial charge in [0.1, 0.15) is 0 Å². The van der Waals surface area contributed by atoms with E-state index >= 15 is 0 Å². The predicted molar refractivity (Wildman–Crippen MR) is 74.5 cm³/mol. The number of carbonyl (C=O) groups is 1. The topological polar surface area (TPSA) is 69.6 Å². The molecule has 0 radical (unpaired) electrons. The summed E-state index contributed by atoms with van der Waals surface area (Å²) >= 11 is 0. The van der Waals surface area contributed by atoms with E-state index < -0.39 is 5.97 Å². The van der Waals surface area contributed by atoms with Crippen LogP contribution in [0.2, 0.25) is 0 Å². The van der Waals surface area contributed by atoms with E-state index in [9.17, 15) is 9.90 Å². The van der Waals surface area contributed by atoms with Crippen molar-refractivity contribution in [1.29, 1.82) is 0 Å². The van der Waals surface area contributed by atoms with E-state index in [-0.39, 0.29) is 12.0 Å². The summed E-state index contributed by atoms with van der Waals surface area (Å²) in [4.78, 5) is 10.8. The zero-order valence-electron chi connectivity index (χ0n) is 11.1. The van der Waals surface area contributed by atoms with E-state index in [1.165, 1.54) is 19.3 Å². The standard InChI is InChI=1S/C15H21NO3/c17-11-15(8-2-1-3-9-15)10-16-13-6-4-12(5-7-13)14(18)19/h4-7,16-17H,1-3,8-11H2,(H,18,19). The summed E-state index contributed by atoms with van der Waals surface area (Å²) in [6, 6.07) is 6.74. The van der Waals surface area contributed by atoms with Gasteiger partial charge in [0.15, 0.2) is 0 Å². The van der Waals surface area contributed by atoms with Crippen LogP contribution in [0.1, 0.15) is 42.5 Å². The molecule has 1 saturated carbocycles. The van der Waals surface area contributed by atoms with Crippen molar-refractivity contribution < 1.29 is 15.0 Å². The molecule has 0 aliphatic heterocycles. The number of hydrogen-bond acceptors (Lipinski definition) is 3. The maximum absolute atomic E-state index is 10.8. The minimum Gasteiger partial charge on any atom is -0.478 e. The second kappa shape index (κ2) is 6.06. The molecule has 0 unspecified atom stereocenters. The minimum atomic E-state index is -0.911. The second-order valence-corrected chi connectivity index (χ2v) is 5.45. The molecule has 0 bridgehead atoms. The van der Waals surface area contributed by atoms with Gasteiger partial charge in [0, 0.05) is 17.6 Å². The zero-order chi connectivity index (χ0) is 13.7. The Kier molecular flexibility index (Phi) is 4.43. The smallest absolute Gasteiger partial charge is 0.335 e. The molecule has 1 fully saturated rings. The van der Waals surface area contributed by atoms with Crippen molar-refractivity contribution in [2.24, 2.45) is 5.41 Å². The van der Waals surface area contributed by atoms with Gasteiger partial charge in [-0.15, -0.1) is 0 Å². The van der Waals surface area contributed by atoms with Crippen molar-refractivity contribution in [3.63, 3.8) is 0 Å². The van der Waals surface area contributed by atoms with Crippen molar-refractivity contribution >= 4 is 11.7 Å². The third-order valence-corrected chi connectivity index (χ3v) is 4.05. The molecule has 4 nitrogen and oxygen atoms in total. The lowest BCUT2D eigenvalue weighted by Crippen LogP contribution is -2.35. The van der Waals surface area contributed by atoms with Gasteiger partial charge >= 0.3 is 5.97 Å². The summed E-state index contributed by atoms with van der Waals surface area (Å²) in [5.41, 5.74) is 1.19. The quantitative estimate of drug-likeness (QED) is 0.764. The SMILES string of the molecule is O=C(O)c1ccc(NCC2(CO)CCCCC2)cc1. The summed E-state index contributed by atoms with van der Waals surface area (Å²) in [6.07, 6.45) is 5.74. The molecule has 0 heterocycles. The first-order chi connectivity index (χ1) is 9.15. The number of aliphatic hydroxyl groups is 1. The van der Waals surface area contributed by atoms with Crippen LogP contribution in [0, 0.1) is 5.41 Å². The fraction of sp³-hybridized carbons (Fsp3) is 0.533. The summed E-state index contributed by atoms with van der Waals surface area (Å²) in [6.45, 7) is 0.961. The lowest BCUT2D eigenvalue weighted by molar-refractivity contribution is 0.0697. The molecule has 0 saturated heterocycles. The van der Waals surface area contributed by atoms with Crippen LogP contribution in [0.5, 0.6) is 0 Å². The van der Waals surface area contributed by atoms with Crippen LogP contribution in [-0.2, 0) is 0 Å². The summed E-state index contributed by atoms with van der Waals surface area (Å²) in [7, 11) is 0. The third-order valence-electron chi connectivity index (χ3n) is 4.05. The fourth-order valence-electron chi connectivity index (χ4n) is 2.71. The molecule has 0 aromatic heterocycles. The molecular weight excluding hydrogens is 242 g/mol. The van der Waals surface area contributed by atoms with Crippen molar-refractivity contribution in [1.82, 2.24) is 0 Å². The van der Waals surface area contributed by atoms with Crippen LogP contribution in [0.15, 0.2) is 24.3 Å². The summed E-state index contributed by atoms with van der Waals surface area (Å²) in [5.74, 6) is -0.911. The van der Waals surface area contributed by atoms with Crippen LogP contribution < -0.4 is 5.32 Å². The summed E-state index contributed by atoms with van der Waals surface area (Å²) < 4.78 is 0. The molecule has 0 amide bonds. The highest BCUT2D eigenvalue weighted by molar-refractivity contribution is 5.87. The van der Waals surface area contributed by atoms with Crippen LogP contribution in [-0.4, -0.2) is 29.3 Å². The number of anilines is 1. The largest absolute Gasteiger partial charge is 0.478 e. The van der Waals surface area contributed by atoms with E-state index in [2.05, 4.69) is 5.32 Å². The molecule has 1 aromatic carbocycles. The monoisotopic (exact) mass is 263 g/mol. The Bertz CT molecular complexity index is 422. The Labute approximate surface area is 113 Å². The number of aromatic carboxylic acids is 1. The zero-order valence-corrected chi connectivity index (χ0v) is 11.1. The molecule has 1 aromatic rings. The number of rotatable bonds is 5. The van der Waals surface area contributed by atoms with Crippen molar-refractivity contribution in [3.05, 3.63) is 29.8 Å². The van der Waals surface area contributed by atoms with Crippen LogP contribution in [0.4, 0.5) is 5.69 Å². The molecule has 0 atom stereocenters. The highest BCUT2D eigenvalue weighted by atomic mass is 16.4. The van der Waals surface area contributed by atoms with Gasteiger partial charge in [0.25, 0.3) is 0 Å². The average molecular weight is 263 g/mol. The molecule has 2 rings (SSSR count). The van der Waals surface area contributed by atoms with E-state index in [1.54, 1.807) is 24.3 Å². The molecule has 3 N–H and O–H groups in total. The molecule has 1 aliphatic carbocycles. The average Bonchev–Trinajstić information content (AvgIpc) is 2.46. The Morgan fingerprint density at radius 2 is 1.79 bits per heavy atom. The highest BCUT2D eigenvalue weighted by Crippen LogP contribution is 2.35. The van der Waals surface area contributed by atoms with E-state index in [1.807, 2.05) is 0 Å². The number of benzene rings is 1. The van der Waals surface area contributed by atoms with Crippen LogP contribution >= 0.6 is 0 Å². The number of aliphatic hydroxyl groups excluding tert-OH is 1. The van der Waals surface area contributed by atoms with Crippen molar-refractivity contribution in [2.45, 2.75) is 32.1 Å². The number of hydrogen-bond donors (Lipinski definition) is 3. The predicted octanol–water partition coefficient (Wildman–Crippen LogP) is 2.74. The van der Waals surface area contributed by atoms with E-state index in [4.69, 9.17) is 5.11 Å². The Balaban J connectivity index is 1.95. The van der Waals surface area contributed by atoms with Crippen molar-refractivity contribution in [3.8, 4) is 0 Å². The van der Waals surface area contributed by atoms with Gasteiger partial charge in [0.05, 0.1) is 12.2 Å². The molecular formula is C15H21NO3. The molecule has 0 spiro atoms. The number of carboxylic acids is 1. The number of nitrogens with one attached hydrogen (secondary N) is 1. The summed E-state index contributed by atoms with van der Waals surface area (Å²) in [5, 5.41) is 21.8. The minimum absolute atomic E-state index is 0.0102. The van der Waals surface area contributed by atoms with Crippen LogP contribution in [0.25, 0.3) is 0 Å². The first-order valence-corrected chi connectivity index (χ1v) is 6.83. The van der Waals surface area contributed by atoms with E-state index in [0.29, 0.717) is 5.56 Å². The maximum atomic E-state index is 10.8. The lowest BCUT2D eigenvalue weighted by atomic mass is 9.74.